The van der Waals surface area contributed by atoms with Gasteiger partial charge in [-0.3, -0.25) is 39.3 Å². The fourth-order valence-electron chi connectivity index (χ4n) is 21.8. The second-order valence-electron chi connectivity index (χ2n) is 39.4. The summed E-state index contributed by atoms with van der Waals surface area (Å²) >= 11 is 0. The number of aromatic amines is 1. The predicted molar refractivity (Wildman–Crippen MR) is 542 cm³/mol. The quantitative estimate of drug-likeness (QED) is 0.106. The highest BCUT2D eigenvalue weighted by Crippen LogP contribution is 2.42. The number of anilines is 4. The Bertz CT molecular complexity index is 7110. The Morgan fingerprint density at radius 1 is 0.372 bits per heavy atom. The number of aryl methyl sites for hydroxylation is 4. The van der Waals surface area contributed by atoms with E-state index in [4.69, 9.17) is 34.5 Å². The van der Waals surface area contributed by atoms with Crippen LogP contribution >= 0.6 is 0 Å². The molecule has 0 bridgehead atoms. The third-order valence-corrected chi connectivity index (χ3v) is 30.3. The molecule has 0 spiro atoms. The standard InChI is InChI=1S/C32H40N6O2.C26H30FN7O.2C24H27N7/c1-23-19-28(27-5-3-4-6-30(27)34-23)29-21-33-38-22-25(20-31(32(29)38)40-26-9-17-39-18-10-26)36-11-7-24(8-12-36)37-15-13-35(2)14-16-37;1-17-11-21-20(12-25(35)30-24(21)13-23(17)27)22-15-29-34-16-19(14-28-26(22)34)32-5-3-18(4-6-32)33-9-7-31(2)8-10-33;1-17-3-4-23-21(11-17)20(5-6-25-23)22-13-27-31-16-18(12-26-24(22)31)30-14-19(15-30)29-9-7-28(2)8-10-29;1-17-11-21(20-5-3-4-6-23(20)27-17)22-13-26-31-16-18(12-25-24(22)31)30-14-19(15-30)29-9-7-28(2)8-10-29/h3-6,19-22,24,26H,7-18H2,1-2H3;11-16,18H,3-10H2,1-2H3,(H,30,35);2*3-6,11-13,16,19H,7-10,14-15H2,1-2H3. The molecule has 0 radical (unpaired) electrons. The third-order valence-electron chi connectivity index (χ3n) is 30.3. The van der Waals surface area contributed by atoms with E-state index in [9.17, 15) is 9.18 Å². The van der Waals surface area contributed by atoms with Crippen molar-refractivity contribution in [3.63, 3.8) is 0 Å². The summed E-state index contributed by atoms with van der Waals surface area (Å²) in [6, 6.07) is 39.0. The number of benzene rings is 4. The van der Waals surface area contributed by atoms with Crippen LogP contribution in [0, 0.1) is 33.5 Å². The fraction of sp³-hybridized carbons (Fsp3) is 0.425. The second kappa shape index (κ2) is 38.8. The van der Waals surface area contributed by atoms with Gasteiger partial charge in [-0.2, -0.15) is 20.4 Å². The highest BCUT2D eigenvalue weighted by molar-refractivity contribution is 6.02. The maximum absolute atomic E-state index is 14.1. The molecule has 9 aliphatic heterocycles. The van der Waals surface area contributed by atoms with E-state index in [0.717, 1.165) is 245 Å². The van der Waals surface area contributed by atoms with Crippen molar-refractivity contribution < 1.29 is 13.9 Å². The molecule has 9 saturated heterocycles. The van der Waals surface area contributed by atoms with Crippen molar-refractivity contribution in [2.75, 3.05) is 218 Å². The van der Waals surface area contributed by atoms with Crippen molar-refractivity contribution in [2.24, 2.45) is 0 Å². The lowest BCUT2D eigenvalue weighted by molar-refractivity contribution is 0.0260. The van der Waals surface area contributed by atoms with E-state index in [0.29, 0.717) is 46.5 Å². The van der Waals surface area contributed by atoms with E-state index in [1.807, 2.05) is 82.2 Å². The molecule has 0 amide bonds. The molecule has 137 heavy (non-hydrogen) atoms. The summed E-state index contributed by atoms with van der Waals surface area (Å²) in [5.74, 6) is 0.570. The largest absolute Gasteiger partial charge is 0.488 e. The number of pyridine rings is 5. The van der Waals surface area contributed by atoms with Crippen LogP contribution in [0.15, 0.2) is 188 Å². The highest BCUT2D eigenvalue weighted by atomic mass is 19.1. The van der Waals surface area contributed by atoms with E-state index in [-0.39, 0.29) is 17.5 Å². The smallest absolute Gasteiger partial charge is 0.249 e. The lowest BCUT2D eigenvalue weighted by Crippen LogP contribution is -2.63. The molecule has 4 aromatic carbocycles. The molecule has 0 aliphatic carbocycles. The van der Waals surface area contributed by atoms with Crippen LogP contribution in [0.5, 0.6) is 5.75 Å². The number of halogens is 1. The van der Waals surface area contributed by atoms with E-state index < -0.39 is 0 Å². The van der Waals surface area contributed by atoms with Crippen LogP contribution in [0.3, 0.4) is 0 Å². The molecule has 0 atom stereocenters. The Hall–Kier alpha value is -12.6. The second-order valence-corrected chi connectivity index (χ2v) is 39.4. The molecule has 0 saturated carbocycles. The van der Waals surface area contributed by atoms with Crippen molar-refractivity contribution in [3.05, 3.63) is 222 Å². The Morgan fingerprint density at radius 3 is 1.31 bits per heavy atom. The minimum Gasteiger partial charge on any atom is -0.488 e. The minimum absolute atomic E-state index is 0.148. The maximum Gasteiger partial charge on any atom is 0.249 e. The Balaban J connectivity index is 0.000000106. The molecule has 30 nitrogen and oxygen atoms in total. The zero-order valence-corrected chi connectivity index (χ0v) is 80.1. The molecule has 9 aliphatic rings. The van der Waals surface area contributed by atoms with Crippen molar-refractivity contribution in [1.82, 2.24) is 113 Å². The van der Waals surface area contributed by atoms with Gasteiger partial charge < -0.3 is 53.7 Å². The minimum atomic E-state index is -0.343. The average molecular weight is 1840 g/mol. The average Bonchev–Trinajstić information content (AvgIpc) is 1.54. The lowest BCUT2D eigenvalue weighted by Gasteiger charge is -2.48. The number of piperazine rings is 4. The highest BCUT2D eigenvalue weighted by Gasteiger charge is 2.38. The van der Waals surface area contributed by atoms with E-state index in [1.54, 1.807) is 23.7 Å². The topological polar surface area (TPSA) is 237 Å². The molecule has 31 heteroatoms. The van der Waals surface area contributed by atoms with Crippen LogP contribution in [0.4, 0.5) is 27.1 Å². The Kier molecular flexibility index (Phi) is 25.4. The Labute approximate surface area is 797 Å². The lowest BCUT2D eigenvalue weighted by atomic mass is 10.0. The first-order valence-electron chi connectivity index (χ1n) is 49.3. The molecule has 9 fully saturated rings. The number of nitrogens with zero attached hydrogens (tertiary/aromatic N) is 26. The molecule has 0 unspecified atom stereocenters. The van der Waals surface area contributed by atoms with Crippen LogP contribution < -0.4 is 29.9 Å². The maximum atomic E-state index is 14.1. The van der Waals surface area contributed by atoms with Gasteiger partial charge in [-0.1, -0.05) is 48.0 Å². The van der Waals surface area contributed by atoms with Crippen molar-refractivity contribution in [3.8, 4) is 50.3 Å². The van der Waals surface area contributed by atoms with Gasteiger partial charge in [0.25, 0.3) is 0 Å². The van der Waals surface area contributed by atoms with Gasteiger partial charge >= 0.3 is 0 Å². The first-order chi connectivity index (χ1) is 66.9. The number of fused-ring (bicyclic) bond motifs is 8. The molecule has 1 N–H and O–H groups in total. The van der Waals surface area contributed by atoms with Crippen molar-refractivity contribution in [2.45, 2.75) is 96.5 Å². The zero-order valence-electron chi connectivity index (χ0n) is 80.1. The Morgan fingerprint density at radius 2 is 0.803 bits per heavy atom. The number of ether oxygens (including phenoxy) is 2. The van der Waals surface area contributed by atoms with Crippen molar-refractivity contribution in [1.29, 1.82) is 0 Å². The first kappa shape index (κ1) is 89.6. The molecular weight excluding hydrogens is 1720 g/mol. The van der Waals surface area contributed by atoms with Gasteiger partial charge in [-0.15, -0.1) is 0 Å². The number of likely N-dealkylation sites (N-methyl/N-ethyl adjacent to an activating group) is 4. The van der Waals surface area contributed by atoms with E-state index >= 15 is 0 Å². The number of aromatic nitrogens is 15. The summed E-state index contributed by atoms with van der Waals surface area (Å²) in [4.78, 5) is 73.4. The number of rotatable bonds is 14. The van der Waals surface area contributed by atoms with E-state index in [2.05, 4.69) is 229 Å². The van der Waals surface area contributed by atoms with Crippen LogP contribution in [0.25, 0.3) is 111 Å². The van der Waals surface area contributed by atoms with Gasteiger partial charge in [0, 0.05) is 273 Å². The number of hydrogen-bond donors (Lipinski definition) is 1. The molecule has 16 aromatic rings. The van der Waals surface area contributed by atoms with Gasteiger partial charge in [-0.25, -0.2) is 37.4 Å². The summed E-state index contributed by atoms with van der Waals surface area (Å²) in [6.45, 7) is 36.6. The van der Waals surface area contributed by atoms with Crippen LogP contribution in [0.1, 0.15) is 61.0 Å². The number of nitrogens with one attached hydrogen (secondary N) is 1. The van der Waals surface area contributed by atoms with Crippen LogP contribution in [0.2, 0.25) is 0 Å². The summed E-state index contributed by atoms with van der Waals surface area (Å²) in [6.07, 6.45) is 30.4. The van der Waals surface area contributed by atoms with Crippen LogP contribution in [-0.4, -0.2) is 341 Å². The summed E-state index contributed by atoms with van der Waals surface area (Å²) in [7, 11) is 8.84. The SMILES string of the molecule is Cc1cc(-c2cnn3cc(N4CC(N5CCN(C)CC5)C4)cnc23)c2ccccc2n1.Cc1cc(-c2cnn3cc(N4CCC(N5CCN(C)CC5)CC4)cc(OC4CCOCC4)c23)c2ccccc2n1.Cc1cc2c(-c3cnn4cc(N5CCC(N6CCN(C)CC6)CC5)cnc34)cc(=O)[nH]c2cc1F.Cc1ccc2nccc(-c3cnn4cc(N5CC(N6CCN(C)CC6)C5)cnc34)c2c1. The summed E-state index contributed by atoms with van der Waals surface area (Å²) < 4.78 is 34.2. The monoisotopic (exact) mass is 1840 g/mol. The number of piperidine rings is 2. The summed E-state index contributed by atoms with van der Waals surface area (Å²) in [5, 5.41) is 22.9. The fourth-order valence-corrected chi connectivity index (χ4v) is 21.8. The number of para-hydroxylation sites is 2. The van der Waals surface area contributed by atoms with Gasteiger partial charge in [0.2, 0.25) is 5.56 Å². The van der Waals surface area contributed by atoms with Gasteiger partial charge in [0.15, 0.2) is 16.9 Å². The first-order valence-corrected chi connectivity index (χ1v) is 49.3. The van der Waals surface area contributed by atoms with Gasteiger partial charge in [-0.05, 0) is 158 Å². The predicted octanol–water partition coefficient (Wildman–Crippen LogP) is 12.9. The van der Waals surface area contributed by atoms with Crippen LogP contribution in [-0.2, 0) is 4.74 Å². The van der Waals surface area contributed by atoms with Gasteiger partial charge in [0.1, 0.15) is 23.2 Å². The van der Waals surface area contributed by atoms with Gasteiger partial charge in [0.05, 0.1) is 126 Å². The third kappa shape index (κ3) is 18.8. The zero-order chi connectivity index (χ0) is 93.1. The molecule has 708 valence electrons. The number of H-pyrrole nitrogens is 1. The molecule has 25 rings (SSSR count). The number of hydrogen-bond acceptors (Lipinski definition) is 25. The normalized spacial score (nSPS) is 19.2. The molecular formula is C106H124FN27O3. The molecule has 21 heterocycles. The summed E-state index contributed by atoms with van der Waals surface area (Å²) in [5.41, 5.74) is 23.0. The van der Waals surface area contributed by atoms with E-state index in [1.165, 1.54) is 115 Å². The molecule has 12 aromatic heterocycles. The van der Waals surface area contributed by atoms with Crippen molar-refractivity contribution >= 4 is 88.8 Å².